The number of carbonyl (C=O) groups is 3. The molecule has 0 spiro atoms. The Kier molecular flexibility index (Phi) is 7.26. The molecule has 1 aliphatic rings. The van der Waals surface area contributed by atoms with Gasteiger partial charge in [0.2, 0.25) is 17.7 Å². The van der Waals surface area contributed by atoms with Gasteiger partial charge in [-0.3, -0.25) is 14.4 Å². The fourth-order valence-corrected chi connectivity index (χ4v) is 2.61. The minimum Gasteiger partial charge on any atom is -0.368 e. The van der Waals surface area contributed by atoms with Crippen molar-refractivity contribution in [3.63, 3.8) is 0 Å². The van der Waals surface area contributed by atoms with Crippen LogP contribution in [0.25, 0.3) is 0 Å². The summed E-state index contributed by atoms with van der Waals surface area (Å²) in [6, 6.07) is -1.92. The first-order valence-electron chi connectivity index (χ1n) is 7.83. The monoisotopic (exact) mass is 314 g/mol. The normalized spacial score (nSPS) is 20.5. The summed E-state index contributed by atoms with van der Waals surface area (Å²) in [5.41, 5.74) is 14.7. The lowest BCUT2D eigenvalue weighted by atomic mass is 10.1. The first kappa shape index (κ1) is 18.4. The minimum atomic E-state index is -0.686. The van der Waals surface area contributed by atoms with Gasteiger partial charge in [-0.1, -0.05) is 0 Å². The Balaban J connectivity index is 2.77. The van der Waals surface area contributed by atoms with Gasteiger partial charge >= 0.3 is 0 Å². The van der Waals surface area contributed by atoms with Gasteiger partial charge in [0.15, 0.2) is 0 Å². The van der Waals surface area contributed by atoms with E-state index in [-0.39, 0.29) is 11.8 Å². The van der Waals surface area contributed by atoms with Gasteiger partial charge in [-0.15, -0.1) is 0 Å². The molecule has 8 nitrogen and oxygen atoms in total. The van der Waals surface area contributed by atoms with E-state index in [1.165, 1.54) is 4.90 Å². The fraction of sp³-hybridized carbons (Fsp3) is 0.786. The number of hydrogen-bond acceptors (Lipinski definition) is 4. The number of primary amides is 1. The van der Waals surface area contributed by atoms with Crippen molar-refractivity contribution in [1.82, 2.24) is 10.2 Å². The Labute approximate surface area is 130 Å². The van der Waals surface area contributed by atoms with Gasteiger partial charge < -0.3 is 27.4 Å². The summed E-state index contributed by atoms with van der Waals surface area (Å²) < 4.78 is 0. The molecule has 0 aromatic heterocycles. The Morgan fingerprint density at radius 2 is 2.05 bits per heavy atom. The molecule has 0 aliphatic carbocycles. The summed E-state index contributed by atoms with van der Waals surface area (Å²) >= 11 is 0. The first-order chi connectivity index (χ1) is 10.4. The van der Waals surface area contributed by atoms with Gasteiger partial charge in [-0.25, -0.2) is 0 Å². The van der Waals surface area contributed by atoms with E-state index in [4.69, 9.17) is 11.5 Å². The van der Waals surface area contributed by atoms with Gasteiger partial charge in [0.05, 0.1) is 12.6 Å². The van der Waals surface area contributed by atoms with Crippen LogP contribution in [0.3, 0.4) is 0 Å². The number of nitrogens with two attached hydrogens (primary N) is 2. The molecule has 1 rings (SSSR count). The van der Waals surface area contributed by atoms with E-state index >= 15 is 0 Å². The second-order valence-electron chi connectivity index (χ2n) is 5.79. The molecule has 22 heavy (non-hydrogen) atoms. The molecule has 1 fully saturated rings. The fourth-order valence-electron chi connectivity index (χ4n) is 2.61. The van der Waals surface area contributed by atoms with Crippen molar-refractivity contribution in [2.45, 2.75) is 57.2 Å². The van der Waals surface area contributed by atoms with Crippen LogP contribution in [0.2, 0.25) is 0 Å². The molecule has 1 aliphatic heterocycles. The molecular formula is C14H28N5O3+. The van der Waals surface area contributed by atoms with Crippen molar-refractivity contribution >= 4 is 17.7 Å². The standard InChI is InChI=1S/C14H27N5O3/c1-9(16)13(21)18-10(5-2-3-7-15)14(22)19-8-4-6-11(19)12(17)20/h9-11H,2-8,15-16H2,1H3,(H2,17,20)(H,18,21)/p+1/t9-,10-,11-/m0/s1. The van der Waals surface area contributed by atoms with Gasteiger partial charge in [-0.05, 0) is 39.0 Å². The van der Waals surface area contributed by atoms with Gasteiger partial charge in [0, 0.05) is 6.54 Å². The first-order valence-corrected chi connectivity index (χ1v) is 7.83. The van der Waals surface area contributed by atoms with E-state index in [0.29, 0.717) is 19.4 Å². The Bertz CT molecular complexity index is 413. The number of nitrogens with zero attached hydrogens (tertiary/aromatic N) is 1. The highest BCUT2D eigenvalue weighted by Crippen LogP contribution is 2.19. The third-order valence-electron chi connectivity index (χ3n) is 3.89. The maximum absolute atomic E-state index is 12.7. The third kappa shape index (κ3) is 4.96. The van der Waals surface area contributed by atoms with Crippen LogP contribution < -0.4 is 22.5 Å². The number of quaternary nitrogens is 1. The second-order valence-corrected chi connectivity index (χ2v) is 5.79. The zero-order valence-electron chi connectivity index (χ0n) is 13.2. The largest absolute Gasteiger partial charge is 0.368 e. The maximum Gasteiger partial charge on any atom is 0.245 e. The quantitative estimate of drug-likeness (QED) is 0.373. The number of unbranched alkanes of at least 4 members (excludes halogenated alkanes) is 1. The molecule has 0 aromatic carbocycles. The van der Waals surface area contributed by atoms with Crippen molar-refractivity contribution < 1.29 is 20.1 Å². The number of hydrogen-bond donors (Lipinski definition) is 4. The van der Waals surface area contributed by atoms with Crippen molar-refractivity contribution in [2.75, 3.05) is 13.1 Å². The van der Waals surface area contributed by atoms with E-state index in [1.54, 1.807) is 6.92 Å². The zero-order valence-corrected chi connectivity index (χ0v) is 13.2. The number of likely N-dealkylation sites (tertiary alicyclic amines) is 1. The van der Waals surface area contributed by atoms with Crippen molar-refractivity contribution in [3.8, 4) is 0 Å². The molecular weight excluding hydrogens is 286 g/mol. The third-order valence-corrected chi connectivity index (χ3v) is 3.89. The smallest absolute Gasteiger partial charge is 0.245 e. The lowest BCUT2D eigenvalue weighted by molar-refractivity contribution is -0.368. The molecule has 1 saturated heterocycles. The molecule has 126 valence electrons. The van der Waals surface area contributed by atoms with Crippen LogP contribution in [0.15, 0.2) is 0 Å². The Morgan fingerprint density at radius 1 is 1.36 bits per heavy atom. The molecule has 0 saturated carbocycles. The molecule has 0 bridgehead atoms. The number of carbonyl (C=O) groups excluding carboxylic acids is 3. The Hall–Kier alpha value is -1.67. The van der Waals surface area contributed by atoms with Gasteiger partial charge in [0.25, 0.3) is 0 Å². The average Bonchev–Trinajstić information content (AvgIpc) is 2.94. The highest BCUT2D eigenvalue weighted by molar-refractivity contribution is 5.92. The zero-order chi connectivity index (χ0) is 16.7. The van der Waals surface area contributed by atoms with Crippen LogP contribution in [0, 0.1) is 0 Å². The summed E-state index contributed by atoms with van der Waals surface area (Å²) in [4.78, 5) is 37.4. The summed E-state index contributed by atoms with van der Waals surface area (Å²) in [7, 11) is 0. The molecule has 1 heterocycles. The van der Waals surface area contributed by atoms with E-state index in [9.17, 15) is 14.4 Å². The number of rotatable bonds is 8. The van der Waals surface area contributed by atoms with E-state index < -0.39 is 24.0 Å². The van der Waals surface area contributed by atoms with Crippen LogP contribution in [-0.4, -0.2) is 53.8 Å². The molecule has 3 amide bonds. The van der Waals surface area contributed by atoms with Crippen molar-refractivity contribution in [3.05, 3.63) is 0 Å². The van der Waals surface area contributed by atoms with Crippen LogP contribution in [0.1, 0.15) is 39.0 Å². The topological polar surface area (TPSA) is 146 Å². The summed E-state index contributed by atoms with van der Waals surface area (Å²) in [6.45, 7) is 2.83. The van der Waals surface area contributed by atoms with Crippen LogP contribution in [-0.2, 0) is 14.4 Å². The minimum absolute atomic E-state index is 0.251. The highest BCUT2D eigenvalue weighted by Gasteiger charge is 2.36. The summed E-state index contributed by atoms with van der Waals surface area (Å²) in [6.07, 6.45) is 3.47. The molecule has 3 atom stereocenters. The number of nitrogens with one attached hydrogen (secondary N) is 1. The van der Waals surface area contributed by atoms with Gasteiger partial charge in [0.1, 0.15) is 12.1 Å². The van der Waals surface area contributed by atoms with Crippen LogP contribution in [0.4, 0.5) is 0 Å². The molecule has 8 heteroatoms. The lowest BCUT2D eigenvalue weighted by Crippen LogP contribution is -2.55. The predicted octanol–water partition coefficient (Wildman–Crippen LogP) is -2.29. The van der Waals surface area contributed by atoms with Crippen molar-refractivity contribution in [1.29, 1.82) is 0 Å². The van der Waals surface area contributed by atoms with Crippen LogP contribution in [0.5, 0.6) is 0 Å². The number of amides is 3. The highest BCUT2D eigenvalue weighted by atomic mass is 16.2. The van der Waals surface area contributed by atoms with Crippen LogP contribution >= 0.6 is 0 Å². The maximum atomic E-state index is 12.7. The van der Waals surface area contributed by atoms with Gasteiger partial charge in [-0.2, -0.15) is 0 Å². The van der Waals surface area contributed by atoms with E-state index in [1.807, 2.05) is 0 Å². The Morgan fingerprint density at radius 3 is 2.59 bits per heavy atom. The SMILES string of the molecule is C[C@H](N)C(=O)N[C@@H](CCCC[NH3+])C(=O)N1CCC[C@H]1C(N)=O. The molecule has 0 aromatic rings. The molecule has 0 unspecified atom stereocenters. The van der Waals surface area contributed by atoms with Crippen molar-refractivity contribution in [2.24, 2.45) is 11.5 Å². The molecule has 8 N–H and O–H groups in total. The summed E-state index contributed by atoms with van der Waals surface area (Å²) in [5.74, 6) is -1.12. The summed E-state index contributed by atoms with van der Waals surface area (Å²) in [5, 5.41) is 2.68. The van der Waals surface area contributed by atoms with E-state index in [2.05, 4.69) is 11.1 Å². The lowest BCUT2D eigenvalue weighted by Gasteiger charge is -2.28. The molecule has 0 radical (unpaired) electrons. The van der Waals surface area contributed by atoms with E-state index in [0.717, 1.165) is 25.8 Å². The predicted molar refractivity (Wildman–Crippen MR) is 81.1 cm³/mol. The second kappa shape index (κ2) is 8.70. The average molecular weight is 314 g/mol.